The minimum absolute atomic E-state index is 0.0740. The number of carbonyl (C=O) groups is 1. The number of hydrogen-bond acceptors (Lipinski definition) is 1. The standard InChI is InChI=1S/C11H21NO/c1-7-8-10(13)12(6)9(2)11(3,4)5/h7-9H,1-6H3. The van der Waals surface area contributed by atoms with Crippen LogP contribution in [-0.2, 0) is 4.79 Å². The molecule has 0 saturated heterocycles. The lowest BCUT2D eigenvalue weighted by atomic mass is 9.87. The van der Waals surface area contributed by atoms with Crippen molar-refractivity contribution in [2.75, 3.05) is 7.05 Å². The normalized spacial score (nSPS) is 14.6. The van der Waals surface area contributed by atoms with Crippen LogP contribution in [-0.4, -0.2) is 23.9 Å². The fourth-order valence-corrected chi connectivity index (χ4v) is 1.03. The molecule has 0 aliphatic heterocycles. The summed E-state index contributed by atoms with van der Waals surface area (Å²) in [7, 11) is 1.85. The van der Waals surface area contributed by atoms with Crippen molar-refractivity contribution in [1.29, 1.82) is 0 Å². The number of nitrogens with zero attached hydrogens (tertiary/aromatic N) is 1. The van der Waals surface area contributed by atoms with E-state index >= 15 is 0 Å². The van der Waals surface area contributed by atoms with E-state index < -0.39 is 0 Å². The van der Waals surface area contributed by atoms with Gasteiger partial charge in [-0.1, -0.05) is 26.8 Å². The molecular formula is C11H21NO. The zero-order valence-corrected chi connectivity index (χ0v) is 9.59. The summed E-state index contributed by atoms with van der Waals surface area (Å²) in [4.78, 5) is 13.2. The van der Waals surface area contributed by atoms with Crippen molar-refractivity contribution in [1.82, 2.24) is 4.90 Å². The molecule has 2 nitrogen and oxygen atoms in total. The number of amides is 1. The van der Waals surface area contributed by atoms with Crippen LogP contribution in [0.2, 0.25) is 0 Å². The Hall–Kier alpha value is -0.790. The monoisotopic (exact) mass is 183 g/mol. The van der Waals surface area contributed by atoms with Crippen LogP contribution >= 0.6 is 0 Å². The van der Waals surface area contributed by atoms with Crippen molar-refractivity contribution in [3.8, 4) is 0 Å². The van der Waals surface area contributed by atoms with E-state index in [9.17, 15) is 4.79 Å². The van der Waals surface area contributed by atoms with Gasteiger partial charge in [0, 0.05) is 13.1 Å². The Morgan fingerprint density at radius 3 is 2.15 bits per heavy atom. The maximum absolute atomic E-state index is 11.5. The Morgan fingerprint density at radius 2 is 1.85 bits per heavy atom. The first-order valence-electron chi connectivity index (χ1n) is 4.70. The summed E-state index contributed by atoms with van der Waals surface area (Å²) in [6.07, 6.45) is 3.37. The van der Waals surface area contributed by atoms with E-state index in [1.54, 1.807) is 17.1 Å². The molecule has 0 aromatic carbocycles. The highest BCUT2D eigenvalue weighted by atomic mass is 16.2. The van der Waals surface area contributed by atoms with E-state index in [1.807, 2.05) is 14.0 Å². The molecule has 0 aliphatic carbocycles. The second-order valence-electron chi connectivity index (χ2n) is 4.49. The van der Waals surface area contributed by atoms with Gasteiger partial charge in [-0.05, 0) is 25.3 Å². The topological polar surface area (TPSA) is 20.3 Å². The van der Waals surface area contributed by atoms with Crippen LogP contribution in [0.5, 0.6) is 0 Å². The number of carbonyl (C=O) groups excluding carboxylic acids is 1. The first-order valence-corrected chi connectivity index (χ1v) is 4.70. The Labute approximate surface area is 81.6 Å². The van der Waals surface area contributed by atoms with Crippen molar-refractivity contribution in [2.45, 2.75) is 40.7 Å². The zero-order valence-electron chi connectivity index (χ0n) is 9.59. The first kappa shape index (κ1) is 12.2. The zero-order chi connectivity index (χ0) is 10.6. The van der Waals surface area contributed by atoms with Crippen molar-refractivity contribution < 1.29 is 4.79 Å². The average molecular weight is 183 g/mol. The van der Waals surface area contributed by atoms with Gasteiger partial charge in [0.2, 0.25) is 5.91 Å². The lowest BCUT2D eigenvalue weighted by Crippen LogP contribution is -2.42. The molecule has 0 saturated carbocycles. The van der Waals surface area contributed by atoms with Crippen LogP contribution in [0.3, 0.4) is 0 Å². The van der Waals surface area contributed by atoms with E-state index in [-0.39, 0.29) is 17.4 Å². The largest absolute Gasteiger partial charge is 0.339 e. The fraction of sp³-hybridized carbons (Fsp3) is 0.727. The van der Waals surface area contributed by atoms with E-state index in [0.717, 1.165) is 0 Å². The third-order valence-electron chi connectivity index (χ3n) is 2.49. The van der Waals surface area contributed by atoms with Gasteiger partial charge in [0.05, 0.1) is 0 Å². The number of rotatable bonds is 2. The molecule has 0 heterocycles. The van der Waals surface area contributed by atoms with Crippen molar-refractivity contribution in [2.24, 2.45) is 5.41 Å². The third kappa shape index (κ3) is 3.62. The van der Waals surface area contributed by atoms with E-state index in [1.165, 1.54) is 0 Å². The molecule has 0 rings (SSSR count). The van der Waals surface area contributed by atoms with Crippen LogP contribution in [0.1, 0.15) is 34.6 Å². The molecule has 1 atom stereocenters. The van der Waals surface area contributed by atoms with Gasteiger partial charge in [-0.25, -0.2) is 0 Å². The highest BCUT2D eigenvalue weighted by molar-refractivity contribution is 5.87. The SMILES string of the molecule is CC=CC(=O)N(C)C(C)C(C)(C)C. The predicted molar refractivity (Wildman–Crippen MR) is 56.5 cm³/mol. The summed E-state index contributed by atoms with van der Waals surface area (Å²) in [6.45, 7) is 10.3. The van der Waals surface area contributed by atoms with Crippen LogP contribution < -0.4 is 0 Å². The van der Waals surface area contributed by atoms with Gasteiger partial charge >= 0.3 is 0 Å². The Bertz CT molecular complexity index is 201. The Balaban J connectivity index is 4.43. The van der Waals surface area contributed by atoms with Crippen LogP contribution in [0, 0.1) is 5.41 Å². The highest BCUT2D eigenvalue weighted by Crippen LogP contribution is 2.22. The van der Waals surface area contributed by atoms with Crippen molar-refractivity contribution >= 4 is 5.91 Å². The van der Waals surface area contributed by atoms with Gasteiger partial charge < -0.3 is 4.90 Å². The molecule has 0 aromatic rings. The summed E-state index contributed by atoms with van der Waals surface area (Å²) < 4.78 is 0. The lowest BCUT2D eigenvalue weighted by molar-refractivity contribution is -0.128. The van der Waals surface area contributed by atoms with Crippen LogP contribution in [0.15, 0.2) is 12.2 Å². The van der Waals surface area contributed by atoms with Gasteiger partial charge in [-0.2, -0.15) is 0 Å². The summed E-state index contributed by atoms with van der Waals surface area (Å²) in [6, 6.07) is 0.246. The van der Waals surface area contributed by atoms with Gasteiger partial charge in [-0.3, -0.25) is 4.79 Å². The summed E-state index contributed by atoms with van der Waals surface area (Å²) in [5, 5.41) is 0. The molecule has 1 unspecified atom stereocenters. The molecule has 0 aliphatic rings. The summed E-state index contributed by atoms with van der Waals surface area (Å²) in [5.41, 5.74) is 0.131. The molecule has 0 aromatic heterocycles. The molecule has 0 spiro atoms. The highest BCUT2D eigenvalue weighted by Gasteiger charge is 2.25. The first-order chi connectivity index (χ1) is 5.80. The van der Waals surface area contributed by atoms with E-state index in [0.29, 0.717) is 0 Å². The molecule has 13 heavy (non-hydrogen) atoms. The van der Waals surface area contributed by atoms with E-state index in [2.05, 4.69) is 27.7 Å². The van der Waals surface area contributed by atoms with E-state index in [4.69, 9.17) is 0 Å². The van der Waals surface area contributed by atoms with Crippen LogP contribution in [0.4, 0.5) is 0 Å². The minimum atomic E-state index is 0.0740. The second kappa shape index (κ2) is 4.45. The molecule has 2 heteroatoms. The average Bonchev–Trinajstić information content (AvgIpc) is 2.00. The maximum atomic E-state index is 11.5. The third-order valence-corrected chi connectivity index (χ3v) is 2.49. The van der Waals surface area contributed by atoms with Gasteiger partial charge in [0.15, 0.2) is 0 Å². The van der Waals surface area contributed by atoms with Crippen LogP contribution in [0.25, 0.3) is 0 Å². The minimum Gasteiger partial charge on any atom is -0.339 e. The van der Waals surface area contributed by atoms with Crippen molar-refractivity contribution in [3.63, 3.8) is 0 Å². The molecule has 0 bridgehead atoms. The number of likely N-dealkylation sites (N-methyl/N-ethyl adjacent to an activating group) is 1. The number of hydrogen-bond donors (Lipinski definition) is 0. The number of allylic oxidation sites excluding steroid dienone is 1. The molecule has 76 valence electrons. The summed E-state index contributed by atoms with van der Waals surface area (Å²) in [5.74, 6) is 0.0740. The fourth-order valence-electron chi connectivity index (χ4n) is 1.03. The quantitative estimate of drug-likeness (QED) is 0.602. The van der Waals surface area contributed by atoms with Gasteiger partial charge in [-0.15, -0.1) is 0 Å². The summed E-state index contributed by atoms with van der Waals surface area (Å²) >= 11 is 0. The van der Waals surface area contributed by atoms with Gasteiger partial charge in [0.25, 0.3) is 0 Å². The Morgan fingerprint density at radius 1 is 1.38 bits per heavy atom. The predicted octanol–water partition coefficient (Wildman–Crippen LogP) is 2.46. The molecule has 1 amide bonds. The molecular weight excluding hydrogens is 162 g/mol. The van der Waals surface area contributed by atoms with Gasteiger partial charge in [0.1, 0.15) is 0 Å². The molecule has 0 fully saturated rings. The lowest BCUT2D eigenvalue weighted by Gasteiger charge is -2.34. The molecule has 0 radical (unpaired) electrons. The Kier molecular flexibility index (Phi) is 4.18. The smallest absolute Gasteiger partial charge is 0.246 e. The molecule has 0 N–H and O–H groups in total. The second-order valence-corrected chi connectivity index (χ2v) is 4.49. The maximum Gasteiger partial charge on any atom is 0.246 e. The van der Waals surface area contributed by atoms with Crippen molar-refractivity contribution in [3.05, 3.63) is 12.2 Å².